The van der Waals surface area contributed by atoms with Crippen molar-refractivity contribution < 1.29 is 0 Å². The van der Waals surface area contributed by atoms with Crippen LogP contribution in [0.2, 0.25) is 0 Å². The van der Waals surface area contributed by atoms with Crippen molar-refractivity contribution in [2.24, 2.45) is 10.2 Å². The van der Waals surface area contributed by atoms with E-state index in [1.54, 1.807) is 0 Å². The van der Waals surface area contributed by atoms with Gasteiger partial charge in [-0.05, 0) is 44.5 Å². The average Bonchev–Trinajstić information content (AvgIpc) is 2.30. The van der Waals surface area contributed by atoms with Gasteiger partial charge in [-0.1, -0.05) is 35.4 Å². The molecular formula is C15H16N2. The Bertz CT molecular complexity index is 539. The molecule has 0 N–H and O–H groups in total. The topological polar surface area (TPSA) is 24.7 Å². The van der Waals surface area contributed by atoms with Gasteiger partial charge in [0, 0.05) is 0 Å². The second-order valence-electron chi connectivity index (χ2n) is 4.33. The van der Waals surface area contributed by atoms with E-state index in [9.17, 15) is 0 Å². The molecule has 0 fully saturated rings. The Morgan fingerprint density at radius 3 is 2.00 bits per heavy atom. The van der Waals surface area contributed by atoms with Crippen LogP contribution in [0.1, 0.15) is 16.7 Å². The Kier molecular flexibility index (Phi) is 3.33. The molecule has 0 unspecified atom stereocenters. The van der Waals surface area contributed by atoms with E-state index >= 15 is 0 Å². The van der Waals surface area contributed by atoms with E-state index in [0.717, 1.165) is 16.9 Å². The lowest BCUT2D eigenvalue weighted by atomic mass is 10.1. The van der Waals surface area contributed by atoms with Crippen LogP contribution in [-0.4, -0.2) is 0 Å². The Balaban J connectivity index is 2.23. The summed E-state index contributed by atoms with van der Waals surface area (Å²) in [7, 11) is 0. The van der Waals surface area contributed by atoms with E-state index in [-0.39, 0.29) is 0 Å². The van der Waals surface area contributed by atoms with Crippen LogP contribution in [0.5, 0.6) is 0 Å². The van der Waals surface area contributed by atoms with E-state index < -0.39 is 0 Å². The van der Waals surface area contributed by atoms with Gasteiger partial charge in [0.2, 0.25) is 0 Å². The molecule has 86 valence electrons. The lowest BCUT2D eigenvalue weighted by molar-refractivity contribution is 1.20. The lowest BCUT2D eigenvalue weighted by Gasteiger charge is -2.00. The van der Waals surface area contributed by atoms with E-state index in [4.69, 9.17) is 0 Å². The number of hydrogen-bond donors (Lipinski definition) is 0. The number of benzene rings is 2. The van der Waals surface area contributed by atoms with Crippen LogP contribution in [0, 0.1) is 20.8 Å². The normalized spacial score (nSPS) is 11.0. The monoisotopic (exact) mass is 224 g/mol. The predicted octanol–water partition coefficient (Wildman–Crippen LogP) is 5.03. The zero-order valence-corrected chi connectivity index (χ0v) is 10.4. The molecule has 0 aromatic heterocycles. The van der Waals surface area contributed by atoms with Gasteiger partial charge in [0.05, 0.1) is 11.4 Å². The summed E-state index contributed by atoms with van der Waals surface area (Å²) in [5.41, 5.74) is 5.44. The first-order chi connectivity index (χ1) is 8.15. The molecule has 0 aliphatic rings. The molecule has 2 nitrogen and oxygen atoms in total. The molecule has 0 aliphatic heterocycles. The Labute approximate surface area is 102 Å². The molecule has 17 heavy (non-hydrogen) atoms. The number of hydrogen-bond acceptors (Lipinski definition) is 2. The summed E-state index contributed by atoms with van der Waals surface area (Å²) in [6.07, 6.45) is 0. The van der Waals surface area contributed by atoms with Crippen molar-refractivity contribution in [1.82, 2.24) is 0 Å². The van der Waals surface area contributed by atoms with Crippen molar-refractivity contribution in [2.45, 2.75) is 20.8 Å². The third kappa shape index (κ3) is 3.00. The fourth-order valence-corrected chi connectivity index (χ4v) is 1.64. The summed E-state index contributed by atoms with van der Waals surface area (Å²) in [5.74, 6) is 0. The third-order valence-electron chi connectivity index (χ3n) is 2.66. The predicted molar refractivity (Wildman–Crippen MR) is 71.3 cm³/mol. The Morgan fingerprint density at radius 1 is 0.706 bits per heavy atom. The quantitative estimate of drug-likeness (QED) is 0.639. The number of rotatable bonds is 2. The van der Waals surface area contributed by atoms with E-state index in [0.29, 0.717) is 0 Å². The highest BCUT2D eigenvalue weighted by Crippen LogP contribution is 2.22. The molecular weight excluding hydrogens is 208 g/mol. The first-order valence-electron chi connectivity index (χ1n) is 5.71. The molecule has 0 saturated carbocycles. The second kappa shape index (κ2) is 4.91. The van der Waals surface area contributed by atoms with Gasteiger partial charge in [-0.25, -0.2) is 0 Å². The molecule has 0 heterocycles. The molecule has 2 aromatic rings. The maximum Gasteiger partial charge on any atom is 0.0886 e. The minimum atomic E-state index is 0.885. The highest BCUT2D eigenvalue weighted by Gasteiger charge is 1.96. The largest absolute Gasteiger partial charge is 0.151 e. The molecule has 2 heteroatoms. The van der Waals surface area contributed by atoms with Crippen LogP contribution in [-0.2, 0) is 0 Å². The summed E-state index contributed by atoms with van der Waals surface area (Å²) in [4.78, 5) is 0. The van der Waals surface area contributed by atoms with Gasteiger partial charge in [-0.2, -0.15) is 10.2 Å². The average molecular weight is 224 g/mol. The first-order valence-corrected chi connectivity index (χ1v) is 5.71. The van der Waals surface area contributed by atoms with Crippen molar-refractivity contribution in [3.63, 3.8) is 0 Å². The number of azo groups is 1. The minimum Gasteiger partial charge on any atom is -0.151 e. The Morgan fingerprint density at radius 2 is 1.35 bits per heavy atom. The van der Waals surface area contributed by atoms with E-state index in [2.05, 4.69) is 43.1 Å². The SMILES string of the molecule is Cc1ccc(N=Nc2ccc(C)cc2C)cc1. The minimum absolute atomic E-state index is 0.885. The number of nitrogens with zero attached hydrogens (tertiary/aromatic N) is 2. The molecule has 0 bridgehead atoms. The summed E-state index contributed by atoms with van der Waals surface area (Å²) >= 11 is 0. The van der Waals surface area contributed by atoms with Crippen LogP contribution in [0.15, 0.2) is 52.7 Å². The van der Waals surface area contributed by atoms with Gasteiger partial charge >= 0.3 is 0 Å². The molecule has 0 atom stereocenters. The maximum atomic E-state index is 4.27. The molecule has 0 amide bonds. The van der Waals surface area contributed by atoms with Crippen molar-refractivity contribution in [3.05, 3.63) is 59.2 Å². The summed E-state index contributed by atoms with van der Waals surface area (Å²) < 4.78 is 0. The van der Waals surface area contributed by atoms with Crippen LogP contribution in [0.4, 0.5) is 11.4 Å². The van der Waals surface area contributed by atoms with E-state index in [1.807, 2.05) is 30.3 Å². The standard InChI is InChI=1S/C15H16N2/c1-11-4-7-14(8-5-11)16-17-15-9-6-12(2)10-13(15)3/h4-10H,1-3H3. The van der Waals surface area contributed by atoms with Crippen molar-refractivity contribution >= 4 is 11.4 Å². The van der Waals surface area contributed by atoms with Crippen LogP contribution < -0.4 is 0 Å². The first kappa shape index (κ1) is 11.5. The summed E-state index contributed by atoms with van der Waals surface area (Å²) in [5, 5.41) is 8.50. The third-order valence-corrected chi connectivity index (χ3v) is 2.66. The van der Waals surface area contributed by atoms with Gasteiger partial charge in [-0.15, -0.1) is 0 Å². The fraction of sp³-hybridized carbons (Fsp3) is 0.200. The number of aryl methyl sites for hydroxylation is 3. The second-order valence-corrected chi connectivity index (χ2v) is 4.33. The lowest BCUT2D eigenvalue weighted by Crippen LogP contribution is -1.76. The fourth-order valence-electron chi connectivity index (χ4n) is 1.64. The molecule has 0 spiro atoms. The summed E-state index contributed by atoms with van der Waals surface area (Å²) in [6.45, 7) is 6.19. The van der Waals surface area contributed by atoms with Crippen molar-refractivity contribution in [1.29, 1.82) is 0 Å². The Hall–Kier alpha value is -1.96. The van der Waals surface area contributed by atoms with Gasteiger partial charge in [0.1, 0.15) is 0 Å². The van der Waals surface area contributed by atoms with E-state index in [1.165, 1.54) is 11.1 Å². The zero-order valence-electron chi connectivity index (χ0n) is 10.4. The summed E-state index contributed by atoms with van der Waals surface area (Å²) in [6, 6.07) is 14.2. The van der Waals surface area contributed by atoms with Crippen LogP contribution in [0.25, 0.3) is 0 Å². The zero-order chi connectivity index (χ0) is 12.3. The smallest absolute Gasteiger partial charge is 0.0886 e. The van der Waals surface area contributed by atoms with Crippen molar-refractivity contribution in [3.8, 4) is 0 Å². The van der Waals surface area contributed by atoms with Gasteiger partial charge in [0.15, 0.2) is 0 Å². The van der Waals surface area contributed by atoms with Gasteiger partial charge in [-0.3, -0.25) is 0 Å². The molecule has 0 radical (unpaired) electrons. The molecule has 2 rings (SSSR count). The maximum absolute atomic E-state index is 4.27. The van der Waals surface area contributed by atoms with Crippen LogP contribution in [0.3, 0.4) is 0 Å². The highest BCUT2D eigenvalue weighted by atomic mass is 15.1. The van der Waals surface area contributed by atoms with Crippen LogP contribution >= 0.6 is 0 Å². The van der Waals surface area contributed by atoms with Crippen molar-refractivity contribution in [2.75, 3.05) is 0 Å². The van der Waals surface area contributed by atoms with Gasteiger partial charge in [0.25, 0.3) is 0 Å². The highest BCUT2D eigenvalue weighted by molar-refractivity contribution is 5.47. The molecule has 0 saturated heterocycles. The molecule has 2 aromatic carbocycles. The molecule has 0 aliphatic carbocycles. The van der Waals surface area contributed by atoms with Gasteiger partial charge < -0.3 is 0 Å².